The third-order valence-electron chi connectivity index (χ3n) is 4.46. The highest BCUT2D eigenvalue weighted by molar-refractivity contribution is 5.88. The van der Waals surface area contributed by atoms with Crippen molar-refractivity contribution in [2.45, 2.75) is 31.7 Å². The van der Waals surface area contributed by atoms with Gasteiger partial charge in [0, 0.05) is 39.0 Å². The number of aromatic nitrogens is 1. The fraction of sp³-hybridized carbons (Fsp3) is 0.421. The number of likely N-dealkylation sites (tertiary alicyclic amines) is 1. The van der Waals surface area contributed by atoms with Crippen molar-refractivity contribution in [3.8, 4) is 11.3 Å². The highest BCUT2D eigenvalue weighted by atomic mass is 16.4. The van der Waals surface area contributed by atoms with E-state index in [0.29, 0.717) is 31.0 Å². The lowest BCUT2D eigenvalue weighted by Crippen LogP contribution is -2.45. The lowest BCUT2D eigenvalue weighted by molar-refractivity contribution is -0.142. The van der Waals surface area contributed by atoms with E-state index >= 15 is 0 Å². The molecule has 0 radical (unpaired) electrons. The predicted molar refractivity (Wildman–Crippen MR) is 93.7 cm³/mol. The maximum atomic E-state index is 12.5. The molecular formula is C19H23N3O3. The molecule has 3 rings (SSSR count). The molecule has 1 fully saturated rings. The first-order valence-corrected chi connectivity index (χ1v) is 8.57. The van der Waals surface area contributed by atoms with E-state index in [2.05, 4.69) is 4.98 Å². The zero-order chi connectivity index (χ0) is 17.8. The van der Waals surface area contributed by atoms with Crippen LogP contribution < -0.4 is 0 Å². The second-order valence-corrected chi connectivity index (χ2v) is 6.46. The summed E-state index contributed by atoms with van der Waals surface area (Å²) in [6.07, 6.45) is 4.02. The van der Waals surface area contributed by atoms with Gasteiger partial charge in [0.2, 0.25) is 11.8 Å². The van der Waals surface area contributed by atoms with Crippen LogP contribution >= 0.6 is 0 Å². The summed E-state index contributed by atoms with van der Waals surface area (Å²) < 4.78 is 5.74. The van der Waals surface area contributed by atoms with E-state index in [9.17, 15) is 9.59 Å². The second-order valence-electron chi connectivity index (χ2n) is 6.46. The molecule has 1 saturated heterocycles. The molecule has 0 saturated carbocycles. The minimum atomic E-state index is -0.327. The molecule has 2 amide bonds. The summed E-state index contributed by atoms with van der Waals surface area (Å²) in [6.45, 7) is 0.643. The summed E-state index contributed by atoms with van der Waals surface area (Å²) in [5.41, 5.74) is 0.962. The standard InChI is InChI=1S/C19H23N3O3/c1-21(2)19(24)15-9-6-12-22(15)18(23)11-10-17-20-13-16(25-17)14-7-4-3-5-8-14/h3-5,7-8,13,15H,6,9-12H2,1-2H3. The molecule has 0 bridgehead atoms. The van der Waals surface area contributed by atoms with Crippen LogP contribution in [0.4, 0.5) is 0 Å². The van der Waals surface area contributed by atoms with Gasteiger partial charge in [-0.2, -0.15) is 0 Å². The molecule has 1 atom stereocenters. The molecule has 1 aliphatic heterocycles. The third kappa shape index (κ3) is 3.90. The van der Waals surface area contributed by atoms with Crippen molar-refractivity contribution < 1.29 is 14.0 Å². The van der Waals surface area contributed by atoms with Crippen molar-refractivity contribution in [2.75, 3.05) is 20.6 Å². The Kier molecular flexibility index (Phi) is 5.16. The van der Waals surface area contributed by atoms with E-state index in [4.69, 9.17) is 4.42 Å². The highest BCUT2D eigenvalue weighted by Gasteiger charge is 2.34. The molecular weight excluding hydrogens is 318 g/mol. The van der Waals surface area contributed by atoms with Crippen molar-refractivity contribution in [1.29, 1.82) is 0 Å². The van der Waals surface area contributed by atoms with Gasteiger partial charge < -0.3 is 14.2 Å². The number of nitrogens with zero attached hydrogens (tertiary/aromatic N) is 3. The summed E-state index contributed by atoms with van der Waals surface area (Å²) in [6, 6.07) is 9.41. The van der Waals surface area contributed by atoms with E-state index in [1.54, 1.807) is 30.1 Å². The Labute approximate surface area is 147 Å². The monoisotopic (exact) mass is 341 g/mol. The van der Waals surface area contributed by atoms with Crippen molar-refractivity contribution >= 4 is 11.8 Å². The lowest BCUT2D eigenvalue weighted by atomic mass is 10.2. The Morgan fingerprint density at radius 3 is 2.76 bits per heavy atom. The topological polar surface area (TPSA) is 66.7 Å². The van der Waals surface area contributed by atoms with E-state index < -0.39 is 0 Å². The largest absolute Gasteiger partial charge is 0.441 e. The minimum absolute atomic E-state index is 0.00617. The first-order valence-electron chi connectivity index (χ1n) is 8.57. The molecule has 6 nitrogen and oxygen atoms in total. The van der Waals surface area contributed by atoms with Gasteiger partial charge in [0.05, 0.1) is 6.20 Å². The van der Waals surface area contributed by atoms with Gasteiger partial charge in [-0.15, -0.1) is 0 Å². The number of carbonyl (C=O) groups excluding carboxylic acids is 2. The zero-order valence-corrected chi connectivity index (χ0v) is 14.6. The number of amides is 2. The Morgan fingerprint density at radius 2 is 2.04 bits per heavy atom. The van der Waals surface area contributed by atoms with Crippen LogP contribution in [0.1, 0.15) is 25.2 Å². The van der Waals surface area contributed by atoms with Crippen molar-refractivity contribution in [3.63, 3.8) is 0 Å². The number of carbonyl (C=O) groups is 2. The van der Waals surface area contributed by atoms with E-state index in [-0.39, 0.29) is 17.9 Å². The van der Waals surface area contributed by atoms with Gasteiger partial charge in [-0.05, 0) is 12.8 Å². The number of hydrogen-bond donors (Lipinski definition) is 0. The molecule has 1 aliphatic rings. The normalized spacial score (nSPS) is 16.9. The molecule has 0 aliphatic carbocycles. The van der Waals surface area contributed by atoms with Crippen LogP contribution in [0.5, 0.6) is 0 Å². The Bertz CT molecular complexity index is 739. The summed E-state index contributed by atoms with van der Waals surface area (Å²) in [4.78, 5) is 32.2. The number of likely N-dealkylation sites (N-methyl/N-ethyl adjacent to an activating group) is 1. The van der Waals surface area contributed by atoms with Crippen LogP contribution in [0.15, 0.2) is 40.9 Å². The fourth-order valence-corrected chi connectivity index (χ4v) is 3.14. The molecule has 25 heavy (non-hydrogen) atoms. The number of hydrogen-bond acceptors (Lipinski definition) is 4. The second kappa shape index (κ2) is 7.51. The van der Waals surface area contributed by atoms with E-state index in [1.165, 1.54) is 0 Å². The Hall–Kier alpha value is -2.63. The average Bonchev–Trinajstić information content (AvgIpc) is 3.29. The van der Waals surface area contributed by atoms with Crippen LogP contribution in [0.3, 0.4) is 0 Å². The lowest BCUT2D eigenvalue weighted by Gasteiger charge is -2.26. The number of benzene rings is 1. The molecule has 2 heterocycles. The molecule has 1 aromatic carbocycles. The van der Waals surface area contributed by atoms with Crippen LogP contribution in [0.25, 0.3) is 11.3 Å². The van der Waals surface area contributed by atoms with Crippen molar-refractivity contribution in [1.82, 2.24) is 14.8 Å². The van der Waals surface area contributed by atoms with Crippen LogP contribution in [0, 0.1) is 0 Å². The molecule has 2 aromatic rings. The van der Waals surface area contributed by atoms with Gasteiger partial charge in [0.25, 0.3) is 0 Å². The van der Waals surface area contributed by atoms with Gasteiger partial charge >= 0.3 is 0 Å². The molecule has 1 aromatic heterocycles. The number of rotatable bonds is 5. The number of aryl methyl sites for hydroxylation is 1. The van der Waals surface area contributed by atoms with Crippen molar-refractivity contribution in [3.05, 3.63) is 42.4 Å². The molecule has 1 unspecified atom stereocenters. The fourth-order valence-electron chi connectivity index (χ4n) is 3.14. The van der Waals surface area contributed by atoms with Gasteiger partial charge in [-0.3, -0.25) is 9.59 Å². The van der Waals surface area contributed by atoms with Crippen LogP contribution in [0.2, 0.25) is 0 Å². The Morgan fingerprint density at radius 1 is 1.28 bits per heavy atom. The maximum Gasteiger partial charge on any atom is 0.244 e. The van der Waals surface area contributed by atoms with Crippen molar-refractivity contribution in [2.24, 2.45) is 0 Å². The van der Waals surface area contributed by atoms with Crippen LogP contribution in [-0.2, 0) is 16.0 Å². The summed E-state index contributed by atoms with van der Waals surface area (Å²) in [5.74, 6) is 1.22. The molecule has 0 N–H and O–H groups in total. The molecule has 6 heteroatoms. The number of oxazole rings is 1. The van der Waals surface area contributed by atoms with E-state index in [1.807, 2.05) is 30.3 Å². The summed E-state index contributed by atoms with van der Waals surface area (Å²) in [5, 5.41) is 0. The average molecular weight is 341 g/mol. The first kappa shape index (κ1) is 17.2. The van der Waals surface area contributed by atoms with Gasteiger partial charge in [-0.25, -0.2) is 4.98 Å². The third-order valence-corrected chi connectivity index (χ3v) is 4.46. The van der Waals surface area contributed by atoms with Gasteiger partial charge in [0.15, 0.2) is 11.7 Å². The molecule has 132 valence electrons. The predicted octanol–water partition coefficient (Wildman–Crippen LogP) is 2.35. The zero-order valence-electron chi connectivity index (χ0n) is 14.6. The smallest absolute Gasteiger partial charge is 0.244 e. The first-order chi connectivity index (χ1) is 12.1. The van der Waals surface area contributed by atoms with Gasteiger partial charge in [-0.1, -0.05) is 30.3 Å². The Balaban J connectivity index is 1.59. The van der Waals surface area contributed by atoms with E-state index in [0.717, 1.165) is 18.4 Å². The highest BCUT2D eigenvalue weighted by Crippen LogP contribution is 2.22. The quantitative estimate of drug-likeness (QED) is 0.837. The SMILES string of the molecule is CN(C)C(=O)C1CCCN1C(=O)CCc1ncc(-c2ccccc2)o1. The summed E-state index contributed by atoms with van der Waals surface area (Å²) in [7, 11) is 3.45. The van der Waals surface area contributed by atoms with Crippen LogP contribution in [-0.4, -0.2) is 53.3 Å². The summed E-state index contributed by atoms with van der Waals surface area (Å²) >= 11 is 0. The minimum Gasteiger partial charge on any atom is -0.441 e. The van der Waals surface area contributed by atoms with Gasteiger partial charge in [0.1, 0.15) is 6.04 Å². The maximum absolute atomic E-state index is 12.5. The molecule has 0 spiro atoms.